The number of hydrogen-bond acceptors (Lipinski definition) is 2. The number of hydrogen-bond donors (Lipinski definition) is 2. The number of nitrogens with one attached hydrogen (secondary N) is 2. The molecular formula is C14H14F2N2O2. The largest absolute Gasteiger partial charge is 0.353 e. The fourth-order valence-electron chi connectivity index (χ4n) is 2.13. The highest BCUT2D eigenvalue weighted by atomic mass is 19.1. The van der Waals surface area contributed by atoms with E-state index in [2.05, 4.69) is 10.6 Å². The van der Waals surface area contributed by atoms with Crippen molar-refractivity contribution in [2.45, 2.75) is 25.3 Å². The summed E-state index contributed by atoms with van der Waals surface area (Å²) in [7, 11) is 0. The highest BCUT2D eigenvalue weighted by molar-refractivity contribution is 5.99. The Bertz CT molecular complexity index is 572. The van der Waals surface area contributed by atoms with E-state index in [9.17, 15) is 18.4 Å². The van der Waals surface area contributed by atoms with Gasteiger partial charge in [-0.15, -0.1) is 0 Å². The van der Waals surface area contributed by atoms with E-state index in [0.717, 1.165) is 18.9 Å². The van der Waals surface area contributed by atoms with Gasteiger partial charge < -0.3 is 10.6 Å². The van der Waals surface area contributed by atoms with Crippen molar-refractivity contribution in [3.05, 3.63) is 29.8 Å². The summed E-state index contributed by atoms with van der Waals surface area (Å²) in [6, 6.07) is 3.22. The molecule has 2 aliphatic rings. The van der Waals surface area contributed by atoms with Crippen LogP contribution in [0, 0.1) is 23.5 Å². The summed E-state index contributed by atoms with van der Waals surface area (Å²) in [5, 5.41) is 5.23. The van der Waals surface area contributed by atoms with Gasteiger partial charge in [-0.05, 0) is 31.4 Å². The molecule has 1 aromatic carbocycles. The first-order valence-corrected chi connectivity index (χ1v) is 6.61. The Morgan fingerprint density at radius 3 is 2.45 bits per heavy atom. The first-order valence-electron chi connectivity index (χ1n) is 6.61. The van der Waals surface area contributed by atoms with E-state index in [0.29, 0.717) is 12.5 Å². The van der Waals surface area contributed by atoms with Gasteiger partial charge in [-0.2, -0.15) is 0 Å². The van der Waals surface area contributed by atoms with Crippen molar-refractivity contribution in [1.29, 1.82) is 0 Å². The van der Waals surface area contributed by atoms with Crippen LogP contribution in [0.15, 0.2) is 18.2 Å². The maximum Gasteiger partial charge on any atom is 0.228 e. The molecule has 4 nitrogen and oxygen atoms in total. The van der Waals surface area contributed by atoms with Gasteiger partial charge in [0.25, 0.3) is 0 Å². The Balaban J connectivity index is 1.56. The maximum absolute atomic E-state index is 13.4. The minimum atomic E-state index is -0.821. The van der Waals surface area contributed by atoms with Crippen molar-refractivity contribution in [2.75, 3.05) is 5.32 Å². The lowest BCUT2D eigenvalue weighted by Gasteiger charge is -2.06. The van der Waals surface area contributed by atoms with Gasteiger partial charge >= 0.3 is 0 Å². The highest BCUT2D eigenvalue weighted by Crippen LogP contribution is 2.40. The van der Waals surface area contributed by atoms with Crippen LogP contribution >= 0.6 is 0 Å². The second-order valence-corrected chi connectivity index (χ2v) is 5.34. The predicted octanol–water partition coefficient (Wildman–Crippen LogP) is 1.82. The lowest BCUT2D eigenvalue weighted by Crippen LogP contribution is -2.29. The minimum absolute atomic E-state index is 0.0651. The Morgan fingerprint density at radius 1 is 1.10 bits per heavy atom. The molecule has 2 saturated carbocycles. The molecule has 2 fully saturated rings. The number of benzene rings is 1. The molecule has 2 unspecified atom stereocenters. The maximum atomic E-state index is 13.4. The van der Waals surface area contributed by atoms with Gasteiger partial charge in [0.05, 0.1) is 17.5 Å². The first-order chi connectivity index (χ1) is 9.54. The Kier molecular flexibility index (Phi) is 3.16. The lowest BCUT2D eigenvalue weighted by molar-refractivity contribution is -0.125. The zero-order chi connectivity index (χ0) is 14.3. The molecule has 2 N–H and O–H groups in total. The number of anilines is 1. The lowest BCUT2D eigenvalue weighted by atomic mass is 10.2. The van der Waals surface area contributed by atoms with E-state index in [-0.39, 0.29) is 23.6 Å². The Morgan fingerprint density at radius 2 is 1.80 bits per heavy atom. The summed E-state index contributed by atoms with van der Waals surface area (Å²) in [5.41, 5.74) is -0.0651. The molecule has 1 aromatic rings. The molecule has 0 aromatic heterocycles. The SMILES string of the molecule is O=C(Nc1ccc(F)cc1F)C1CC1C(=O)NC1CC1. The highest BCUT2D eigenvalue weighted by Gasteiger charge is 2.49. The van der Waals surface area contributed by atoms with Crippen LogP contribution in [0.3, 0.4) is 0 Å². The minimum Gasteiger partial charge on any atom is -0.353 e. The number of carbonyl (C=O) groups is 2. The van der Waals surface area contributed by atoms with Crippen molar-refractivity contribution < 1.29 is 18.4 Å². The van der Waals surface area contributed by atoms with Crippen LogP contribution in [0.4, 0.5) is 14.5 Å². The van der Waals surface area contributed by atoms with Crippen molar-refractivity contribution in [1.82, 2.24) is 5.32 Å². The van der Waals surface area contributed by atoms with Crippen LogP contribution in [0.25, 0.3) is 0 Å². The van der Waals surface area contributed by atoms with E-state index in [1.54, 1.807) is 0 Å². The van der Waals surface area contributed by atoms with E-state index >= 15 is 0 Å². The predicted molar refractivity (Wildman–Crippen MR) is 67.7 cm³/mol. The molecule has 6 heteroatoms. The van der Waals surface area contributed by atoms with Gasteiger partial charge in [0, 0.05) is 12.1 Å². The quantitative estimate of drug-likeness (QED) is 0.884. The van der Waals surface area contributed by atoms with Crippen LogP contribution < -0.4 is 10.6 Å². The summed E-state index contributed by atoms with van der Waals surface area (Å²) in [4.78, 5) is 23.6. The van der Waals surface area contributed by atoms with Crippen molar-refractivity contribution >= 4 is 17.5 Å². The van der Waals surface area contributed by atoms with Crippen molar-refractivity contribution in [3.63, 3.8) is 0 Å². The normalized spacial score (nSPS) is 24.1. The summed E-state index contributed by atoms with van der Waals surface area (Å²) in [6.45, 7) is 0. The van der Waals surface area contributed by atoms with Crippen LogP contribution in [-0.2, 0) is 9.59 Å². The van der Waals surface area contributed by atoms with Crippen molar-refractivity contribution in [2.24, 2.45) is 11.8 Å². The standard InChI is InChI=1S/C14H14F2N2O2/c15-7-1-4-12(11(16)5-7)18-14(20)10-6-9(10)13(19)17-8-2-3-8/h1,4-5,8-10H,2-3,6H2,(H,17,19)(H,18,20). The summed E-state index contributed by atoms with van der Waals surface area (Å²) < 4.78 is 26.1. The molecule has 2 aliphatic carbocycles. The smallest absolute Gasteiger partial charge is 0.228 e. The number of halogens is 2. The van der Waals surface area contributed by atoms with Gasteiger partial charge in [-0.25, -0.2) is 8.78 Å². The van der Waals surface area contributed by atoms with Crippen molar-refractivity contribution in [3.8, 4) is 0 Å². The number of carbonyl (C=O) groups excluding carboxylic acids is 2. The third kappa shape index (κ3) is 2.79. The fraction of sp³-hybridized carbons (Fsp3) is 0.429. The average Bonchev–Trinajstić information content (AvgIpc) is 3.24. The number of amides is 2. The van der Waals surface area contributed by atoms with Gasteiger partial charge in [0.2, 0.25) is 11.8 Å². The molecule has 106 valence electrons. The molecule has 0 aliphatic heterocycles. The van der Waals surface area contributed by atoms with Crippen LogP contribution in [0.2, 0.25) is 0 Å². The topological polar surface area (TPSA) is 58.2 Å². The van der Waals surface area contributed by atoms with Crippen LogP contribution in [0.5, 0.6) is 0 Å². The summed E-state index contributed by atoms with van der Waals surface area (Å²) in [5.74, 6) is -2.76. The summed E-state index contributed by atoms with van der Waals surface area (Å²) in [6.07, 6.45) is 2.47. The van der Waals surface area contributed by atoms with Crippen LogP contribution in [-0.4, -0.2) is 17.9 Å². The fourth-order valence-corrected chi connectivity index (χ4v) is 2.13. The first kappa shape index (κ1) is 13.0. The molecule has 0 heterocycles. The third-order valence-electron chi connectivity index (χ3n) is 3.58. The average molecular weight is 280 g/mol. The van der Waals surface area contributed by atoms with Gasteiger partial charge in [0.1, 0.15) is 11.6 Å². The second kappa shape index (κ2) is 4.85. The zero-order valence-corrected chi connectivity index (χ0v) is 10.7. The van der Waals surface area contributed by atoms with Crippen LogP contribution in [0.1, 0.15) is 19.3 Å². The molecule has 0 spiro atoms. The van der Waals surface area contributed by atoms with E-state index in [4.69, 9.17) is 0 Å². The molecule has 20 heavy (non-hydrogen) atoms. The van der Waals surface area contributed by atoms with Gasteiger partial charge in [-0.3, -0.25) is 9.59 Å². The monoisotopic (exact) mass is 280 g/mol. The molecule has 0 radical (unpaired) electrons. The van der Waals surface area contributed by atoms with Gasteiger partial charge in [-0.1, -0.05) is 0 Å². The summed E-state index contributed by atoms with van der Waals surface area (Å²) >= 11 is 0. The number of rotatable bonds is 4. The molecule has 0 saturated heterocycles. The van der Waals surface area contributed by atoms with E-state index < -0.39 is 23.5 Å². The molecule has 2 amide bonds. The van der Waals surface area contributed by atoms with E-state index in [1.807, 2.05) is 0 Å². The second-order valence-electron chi connectivity index (χ2n) is 5.34. The molecule has 3 rings (SSSR count). The molecular weight excluding hydrogens is 266 g/mol. The zero-order valence-electron chi connectivity index (χ0n) is 10.7. The third-order valence-corrected chi connectivity index (χ3v) is 3.58. The molecule has 2 atom stereocenters. The van der Waals surface area contributed by atoms with Gasteiger partial charge in [0.15, 0.2) is 0 Å². The molecule has 0 bridgehead atoms. The van der Waals surface area contributed by atoms with E-state index in [1.165, 1.54) is 6.07 Å². The Hall–Kier alpha value is -1.98. The Labute approximate surface area is 114 Å².